The van der Waals surface area contributed by atoms with Gasteiger partial charge in [-0.25, -0.2) is 0 Å². The van der Waals surface area contributed by atoms with Gasteiger partial charge in [-0.2, -0.15) is 0 Å². The first kappa shape index (κ1) is 24.2. The molecule has 1 aliphatic rings. The highest BCUT2D eigenvalue weighted by atomic mass is 14.9. The number of rotatable bonds is 9. The van der Waals surface area contributed by atoms with Crippen LogP contribution in [-0.2, 0) is 24.7 Å². The molecular formula is C37H35N. The molecule has 1 heteroatoms. The fourth-order valence-electron chi connectivity index (χ4n) is 6.38. The Morgan fingerprint density at radius 2 is 1.26 bits per heavy atom. The summed E-state index contributed by atoms with van der Waals surface area (Å²) < 4.78 is 0. The van der Waals surface area contributed by atoms with Crippen molar-refractivity contribution in [3.8, 4) is 0 Å². The number of hydrogen-bond acceptors (Lipinski definition) is 1. The maximum absolute atomic E-state index is 4.74. The van der Waals surface area contributed by atoms with Crippen LogP contribution in [0.4, 0.5) is 0 Å². The van der Waals surface area contributed by atoms with Crippen LogP contribution < -0.4 is 5.32 Å². The lowest BCUT2D eigenvalue weighted by Gasteiger charge is -2.43. The molecule has 5 aromatic carbocycles. The summed E-state index contributed by atoms with van der Waals surface area (Å²) in [6.45, 7) is 5.61. The fraction of sp³-hybridized carbons (Fsp3) is 0.189. The first-order chi connectivity index (χ1) is 18.7. The molecule has 38 heavy (non-hydrogen) atoms. The Hall–Kier alpha value is -4.10. The van der Waals surface area contributed by atoms with Crippen molar-refractivity contribution in [1.29, 1.82) is 0 Å². The molecule has 0 aromatic heterocycles. The van der Waals surface area contributed by atoms with Gasteiger partial charge >= 0.3 is 0 Å². The Bertz CT molecular complexity index is 1520. The van der Waals surface area contributed by atoms with Crippen molar-refractivity contribution in [2.45, 2.75) is 37.5 Å². The molecular weight excluding hydrogens is 458 g/mol. The Morgan fingerprint density at radius 1 is 0.632 bits per heavy atom. The van der Waals surface area contributed by atoms with Gasteiger partial charge in [-0.15, -0.1) is 0 Å². The van der Waals surface area contributed by atoms with Crippen molar-refractivity contribution in [1.82, 2.24) is 5.32 Å². The van der Waals surface area contributed by atoms with Crippen LogP contribution in [0.5, 0.6) is 0 Å². The summed E-state index contributed by atoms with van der Waals surface area (Å²) in [5.74, 6) is 0. The maximum Gasteiger partial charge on any atom is 0.0597 e. The summed E-state index contributed by atoms with van der Waals surface area (Å²) in [5, 5.41) is 6.42. The minimum atomic E-state index is -0.246. The number of aryl methyl sites for hydroxylation is 1. The average Bonchev–Trinajstić information content (AvgIpc) is 2.97. The second kappa shape index (κ2) is 10.7. The summed E-state index contributed by atoms with van der Waals surface area (Å²) in [6.07, 6.45) is 5.14. The summed E-state index contributed by atoms with van der Waals surface area (Å²) in [5.41, 5.74) is 9.29. The second-order valence-corrected chi connectivity index (χ2v) is 10.6. The zero-order valence-electron chi connectivity index (χ0n) is 22.0. The van der Waals surface area contributed by atoms with E-state index in [1.54, 1.807) is 0 Å². The summed E-state index contributed by atoms with van der Waals surface area (Å²) in [4.78, 5) is 0. The van der Waals surface area contributed by atoms with Crippen LogP contribution in [0.1, 0.15) is 46.2 Å². The Balaban J connectivity index is 1.30. The van der Waals surface area contributed by atoms with Crippen LogP contribution >= 0.6 is 0 Å². The molecule has 0 aliphatic heterocycles. The smallest absolute Gasteiger partial charge is 0.0597 e. The van der Waals surface area contributed by atoms with E-state index >= 15 is 0 Å². The molecule has 0 radical (unpaired) electrons. The van der Waals surface area contributed by atoms with Crippen LogP contribution in [0.25, 0.3) is 10.8 Å². The Kier molecular flexibility index (Phi) is 6.84. The number of benzene rings is 5. The molecule has 6 rings (SSSR count). The number of nitrogens with one attached hydrogen (secondary N) is 1. The molecule has 1 aliphatic carbocycles. The molecule has 0 amide bonds. The van der Waals surface area contributed by atoms with E-state index in [-0.39, 0.29) is 5.41 Å². The second-order valence-electron chi connectivity index (χ2n) is 10.6. The van der Waals surface area contributed by atoms with Gasteiger partial charge in [0, 0.05) is 12.2 Å². The van der Waals surface area contributed by atoms with E-state index in [9.17, 15) is 0 Å². The van der Waals surface area contributed by atoms with Gasteiger partial charge in [0.25, 0.3) is 0 Å². The Morgan fingerprint density at radius 3 is 2.00 bits per heavy atom. The van der Waals surface area contributed by atoms with Crippen LogP contribution in [0, 0.1) is 0 Å². The minimum absolute atomic E-state index is 0.246. The van der Waals surface area contributed by atoms with Crippen molar-refractivity contribution >= 4 is 10.8 Å². The standard InChI is InChI=1S/C37H35N/c1-28(38-25-23-30-21-22-31-15-5-6-16-32(31)26-30)37(24-11-14-29-12-3-2-4-13-29)35-19-9-7-17-33(35)27-34-18-8-10-20-36(34)37/h2-10,12-13,15-22,26,38H,1,11,14,23-25,27H2. The number of allylic oxidation sites excluding steroid dienone is 1. The molecule has 0 saturated heterocycles. The van der Waals surface area contributed by atoms with E-state index in [1.165, 1.54) is 44.2 Å². The van der Waals surface area contributed by atoms with Gasteiger partial charge in [-0.1, -0.05) is 128 Å². The molecule has 1 N–H and O–H groups in total. The molecule has 0 spiro atoms. The van der Waals surface area contributed by atoms with Gasteiger partial charge in [0.05, 0.1) is 5.41 Å². The summed E-state index contributed by atoms with van der Waals surface area (Å²) >= 11 is 0. The van der Waals surface area contributed by atoms with Gasteiger partial charge in [0.2, 0.25) is 0 Å². The predicted molar refractivity (Wildman–Crippen MR) is 161 cm³/mol. The third kappa shape index (κ3) is 4.65. The van der Waals surface area contributed by atoms with E-state index in [0.29, 0.717) is 0 Å². The molecule has 0 unspecified atom stereocenters. The highest BCUT2D eigenvalue weighted by molar-refractivity contribution is 5.83. The van der Waals surface area contributed by atoms with Gasteiger partial charge < -0.3 is 5.32 Å². The third-order valence-electron chi connectivity index (χ3n) is 8.28. The zero-order chi connectivity index (χ0) is 25.8. The van der Waals surface area contributed by atoms with Crippen LogP contribution in [0.15, 0.2) is 134 Å². The number of hydrogen-bond donors (Lipinski definition) is 1. The predicted octanol–water partition coefficient (Wildman–Crippen LogP) is 8.40. The van der Waals surface area contributed by atoms with Crippen molar-refractivity contribution in [3.05, 3.63) is 167 Å². The molecule has 188 valence electrons. The summed E-state index contributed by atoms with van der Waals surface area (Å²) in [7, 11) is 0. The molecule has 0 bridgehead atoms. The quantitative estimate of drug-likeness (QED) is 0.217. The first-order valence-corrected chi connectivity index (χ1v) is 13.9. The van der Waals surface area contributed by atoms with E-state index < -0.39 is 0 Å². The molecule has 0 atom stereocenters. The van der Waals surface area contributed by atoms with Gasteiger partial charge in [-0.3, -0.25) is 0 Å². The molecule has 1 nitrogen and oxygen atoms in total. The lowest BCUT2D eigenvalue weighted by Crippen LogP contribution is -2.41. The molecule has 0 saturated carbocycles. The van der Waals surface area contributed by atoms with E-state index in [2.05, 4.69) is 127 Å². The lowest BCUT2D eigenvalue weighted by atomic mass is 9.62. The minimum Gasteiger partial charge on any atom is -0.387 e. The van der Waals surface area contributed by atoms with Gasteiger partial charge in [-0.05, 0) is 76.3 Å². The normalized spacial score (nSPS) is 13.5. The van der Waals surface area contributed by atoms with E-state index in [0.717, 1.165) is 44.3 Å². The van der Waals surface area contributed by atoms with Gasteiger partial charge in [0.1, 0.15) is 0 Å². The van der Waals surface area contributed by atoms with E-state index in [1.807, 2.05) is 0 Å². The molecule has 0 fully saturated rings. The van der Waals surface area contributed by atoms with E-state index in [4.69, 9.17) is 6.58 Å². The maximum atomic E-state index is 4.74. The third-order valence-corrected chi connectivity index (χ3v) is 8.28. The first-order valence-electron chi connectivity index (χ1n) is 13.9. The largest absolute Gasteiger partial charge is 0.387 e. The highest BCUT2D eigenvalue weighted by Crippen LogP contribution is 2.48. The monoisotopic (exact) mass is 493 g/mol. The Labute approximate surface area is 226 Å². The van der Waals surface area contributed by atoms with Crippen molar-refractivity contribution < 1.29 is 0 Å². The van der Waals surface area contributed by atoms with Crippen molar-refractivity contribution in [2.24, 2.45) is 0 Å². The average molecular weight is 494 g/mol. The van der Waals surface area contributed by atoms with Crippen LogP contribution in [-0.4, -0.2) is 6.54 Å². The highest BCUT2D eigenvalue weighted by Gasteiger charge is 2.42. The molecule has 0 heterocycles. The van der Waals surface area contributed by atoms with Gasteiger partial charge in [0.15, 0.2) is 0 Å². The van der Waals surface area contributed by atoms with Crippen molar-refractivity contribution in [2.75, 3.05) is 6.54 Å². The summed E-state index contributed by atoms with van der Waals surface area (Å²) in [6, 6.07) is 44.3. The van der Waals surface area contributed by atoms with Crippen molar-refractivity contribution in [3.63, 3.8) is 0 Å². The van der Waals surface area contributed by atoms with Crippen LogP contribution in [0.2, 0.25) is 0 Å². The van der Waals surface area contributed by atoms with Crippen LogP contribution in [0.3, 0.4) is 0 Å². The molecule has 5 aromatic rings. The lowest BCUT2D eigenvalue weighted by molar-refractivity contribution is 0.476. The SMILES string of the molecule is C=C(NCCc1ccc2ccccc2c1)C1(CCCc2ccccc2)c2ccccc2Cc2ccccc21. The zero-order valence-corrected chi connectivity index (χ0v) is 22.0. The topological polar surface area (TPSA) is 12.0 Å². The number of fused-ring (bicyclic) bond motifs is 3. The fourth-order valence-corrected chi connectivity index (χ4v) is 6.38.